The van der Waals surface area contributed by atoms with Crippen molar-refractivity contribution in [3.05, 3.63) is 12.7 Å². The molecule has 0 aromatic carbocycles. The van der Waals surface area contributed by atoms with Gasteiger partial charge in [-0.15, -0.1) is 6.58 Å². The van der Waals surface area contributed by atoms with Gasteiger partial charge in [-0.1, -0.05) is 64.9 Å². The molecule has 0 rings (SSSR count). The normalized spacial score (nSPS) is 10.1. The molecule has 1 amide bonds. The van der Waals surface area contributed by atoms with Gasteiger partial charge in [0, 0.05) is 13.0 Å². The van der Waals surface area contributed by atoms with Crippen molar-refractivity contribution in [2.45, 2.75) is 78.1 Å². The van der Waals surface area contributed by atoms with Gasteiger partial charge >= 0.3 is 0 Å². The second-order valence-electron chi connectivity index (χ2n) is 5.91. The fourth-order valence-corrected chi connectivity index (χ4v) is 2.84. The Balaban J connectivity index is 0. The summed E-state index contributed by atoms with van der Waals surface area (Å²) >= 11 is 8.35. The van der Waals surface area contributed by atoms with Crippen molar-refractivity contribution in [2.75, 3.05) is 18.1 Å². The van der Waals surface area contributed by atoms with E-state index in [4.69, 9.17) is 0 Å². The lowest BCUT2D eigenvalue weighted by molar-refractivity contribution is -0.121. The van der Waals surface area contributed by atoms with Crippen molar-refractivity contribution in [1.29, 1.82) is 0 Å². The second-order valence-corrected chi connectivity index (χ2v) is 6.72. The third kappa shape index (κ3) is 21.9. The number of carbonyl (C=O) groups is 1. The zero-order valence-corrected chi connectivity index (χ0v) is 17.1. The highest BCUT2D eigenvalue weighted by Crippen LogP contribution is 2.09. The Bertz CT molecular complexity index is 250. The Kier molecular flexibility index (Phi) is 24.0. The fourth-order valence-electron chi connectivity index (χ4n) is 2.10. The van der Waals surface area contributed by atoms with E-state index >= 15 is 0 Å². The first-order valence-electron chi connectivity index (χ1n) is 9.25. The first-order chi connectivity index (χ1) is 11.2. The van der Waals surface area contributed by atoms with Crippen LogP contribution in [0.5, 0.6) is 0 Å². The number of nitrogens with one attached hydrogen (secondary N) is 1. The monoisotopic (exact) mass is 361 g/mol. The van der Waals surface area contributed by atoms with Crippen LogP contribution in [0.25, 0.3) is 0 Å². The molecule has 4 heteroatoms. The number of hydrogen-bond donors (Lipinski definition) is 3. The molecule has 0 aliphatic rings. The molecule has 0 fully saturated rings. The summed E-state index contributed by atoms with van der Waals surface area (Å²) in [5.41, 5.74) is 0. The van der Waals surface area contributed by atoms with E-state index in [0.29, 0.717) is 13.0 Å². The first kappa shape index (κ1) is 25.2. The molecule has 138 valence electrons. The van der Waals surface area contributed by atoms with Crippen LogP contribution in [-0.2, 0) is 4.79 Å². The second kappa shape index (κ2) is 21.9. The Morgan fingerprint density at radius 1 is 1.00 bits per heavy atom. The van der Waals surface area contributed by atoms with Gasteiger partial charge in [0.15, 0.2) is 0 Å². The maximum absolute atomic E-state index is 11.2. The lowest BCUT2D eigenvalue weighted by Gasteiger charge is -2.04. The van der Waals surface area contributed by atoms with Gasteiger partial charge in [-0.2, -0.15) is 25.3 Å². The summed E-state index contributed by atoms with van der Waals surface area (Å²) in [4.78, 5) is 11.2. The molecule has 0 aliphatic heterocycles. The van der Waals surface area contributed by atoms with Gasteiger partial charge in [-0.25, -0.2) is 0 Å². The van der Waals surface area contributed by atoms with Crippen molar-refractivity contribution in [2.24, 2.45) is 5.92 Å². The van der Waals surface area contributed by atoms with E-state index in [0.717, 1.165) is 23.8 Å². The minimum atomic E-state index is 0.148. The van der Waals surface area contributed by atoms with Crippen LogP contribution < -0.4 is 5.32 Å². The van der Waals surface area contributed by atoms with Crippen LogP contribution in [0.15, 0.2) is 12.7 Å². The third-order valence-corrected chi connectivity index (χ3v) is 4.75. The van der Waals surface area contributed by atoms with Gasteiger partial charge in [0.25, 0.3) is 0 Å². The molecule has 0 spiro atoms. The van der Waals surface area contributed by atoms with Crippen LogP contribution >= 0.6 is 25.3 Å². The maximum Gasteiger partial charge on any atom is 0.220 e. The molecule has 0 saturated heterocycles. The Morgan fingerprint density at radius 3 is 1.91 bits per heavy atom. The molecule has 0 aromatic rings. The lowest BCUT2D eigenvalue weighted by atomic mass is 10.1. The minimum Gasteiger partial charge on any atom is -0.353 e. The Labute approximate surface area is 156 Å². The van der Waals surface area contributed by atoms with Gasteiger partial charge in [0.1, 0.15) is 0 Å². The van der Waals surface area contributed by atoms with Gasteiger partial charge in [0.05, 0.1) is 0 Å². The highest BCUT2D eigenvalue weighted by atomic mass is 32.1. The maximum atomic E-state index is 11.2. The topological polar surface area (TPSA) is 29.1 Å². The van der Waals surface area contributed by atoms with Crippen molar-refractivity contribution < 1.29 is 4.79 Å². The standard InChI is InChI=1S/C13H25NOS.C6H14S/c1-2-11-14-13(15)10-8-6-4-3-5-7-9-12-16;1-3-6(4-2)5-7/h2,16H,1,3-12H2,(H,14,15);6-7H,3-5H2,1-2H3. The first-order valence-corrected chi connectivity index (χ1v) is 10.5. The summed E-state index contributed by atoms with van der Waals surface area (Å²) in [6.07, 6.45) is 13.5. The fraction of sp³-hybridized carbons (Fsp3) is 0.842. The number of amides is 1. The quantitative estimate of drug-likeness (QED) is 0.207. The van der Waals surface area contributed by atoms with E-state index < -0.39 is 0 Å². The summed E-state index contributed by atoms with van der Waals surface area (Å²) in [7, 11) is 0. The number of rotatable bonds is 14. The number of carbonyl (C=O) groups excluding carboxylic acids is 1. The highest BCUT2D eigenvalue weighted by molar-refractivity contribution is 7.80. The summed E-state index contributed by atoms with van der Waals surface area (Å²) in [6.45, 7) is 8.57. The average molecular weight is 362 g/mol. The lowest BCUT2D eigenvalue weighted by Crippen LogP contribution is -2.22. The van der Waals surface area contributed by atoms with Crippen LogP contribution in [0.2, 0.25) is 0 Å². The molecule has 23 heavy (non-hydrogen) atoms. The van der Waals surface area contributed by atoms with E-state index in [1.54, 1.807) is 6.08 Å². The van der Waals surface area contributed by atoms with Crippen molar-refractivity contribution in [3.8, 4) is 0 Å². The molecule has 0 aliphatic carbocycles. The molecule has 0 atom stereocenters. The van der Waals surface area contributed by atoms with Gasteiger partial charge in [0.2, 0.25) is 5.91 Å². The van der Waals surface area contributed by atoms with Crippen molar-refractivity contribution >= 4 is 31.2 Å². The highest BCUT2D eigenvalue weighted by Gasteiger charge is 1.98. The molecular weight excluding hydrogens is 322 g/mol. The van der Waals surface area contributed by atoms with Crippen molar-refractivity contribution in [3.63, 3.8) is 0 Å². The zero-order chi connectivity index (χ0) is 17.8. The Hall–Kier alpha value is -0.0900. The molecule has 2 nitrogen and oxygen atoms in total. The summed E-state index contributed by atoms with van der Waals surface area (Å²) in [6, 6.07) is 0. The molecule has 0 unspecified atom stereocenters. The van der Waals surface area contributed by atoms with Crippen LogP contribution in [0.1, 0.15) is 78.1 Å². The van der Waals surface area contributed by atoms with E-state index in [2.05, 4.69) is 51.0 Å². The smallest absolute Gasteiger partial charge is 0.220 e. The summed E-state index contributed by atoms with van der Waals surface area (Å²) in [5.74, 6) is 3.05. The van der Waals surface area contributed by atoms with Gasteiger partial charge in [-0.3, -0.25) is 4.79 Å². The molecule has 0 bridgehead atoms. The predicted octanol–water partition coefficient (Wildman–Crippen LogP) is 5.69. The number of thiol groups is 2. The SMILES string of the molecule is C=CCNC(=O)CCCCCCCCCS.CCC(CC)CS. The molecule has 0 heterocycles. The van der Waals surface area contributed by atoms with Crippen molar-refractivity contribution in [1.82, 2.24) is 5.32 Å². The van der Waals surface area contributed by atoms with Gasteiger partial charge in [-0.05, 0) is 30.3 Å². The minimum absolute atomic E-state index is 0.148. The third-order valence-electron chi connectivity index (χ3n) is 3.92. The number of hydrogen-bond acceptors (Lipinski definition) is 3. The van der Waals surface area contributed by atoms with E-state index in [1.807, 2.05) is 0 Å². The molecular formula is C19H39NOS2. The molecule has 0 radical (unpaired) electrons. The van der Waals surface area contributed by atoms with Crippen LogP contribution in [0, 0.1) is 5.92 Å². The van der Waals surface area contributed by atoms with E-state index in [9.17, 15) is 4.79 Å². The predicted molar refractivity (Wildman–Crippen MR) is 112 cm³/mol. The Morgan fingerprint density at radius 2 is 1.52 bits per heavy atom. The summed E-state index contributed by atoms with van der Waals surface area (Å²) < 4.78 is 0. The largest absolute Gasteiger partial charge is 0.353 e. The van der Waals surface area contributed by atoms with Gasteiger partial charge < -0.3 is 5.32 Å². The molecule has 1 N–H and O–H groups in total. The van der Waals surface area contributed by atoms with Crippen LogP contribution in [-0.4, -0.2) is 24.0 Å². The zero-order valence-electron chi connectivity index (χ0n) is 15.4. The molecule has 0 saturated carbocycles. The molecule has 0 aromatic heterocycles. The number of unbranched alkanes of at least 4 members (excludes halogenated alkanes) is 6. The van der Waals surface area contributed by atoms with Crippen LogP contribution in [0.4, 0.5) is 0 Å². The average Bonchev–Trinajstić information content (AvgIpc) is 2.57. The van der Waals surface area contributed by atoms with E-state index in [-0.39, 0.29) is 5.91 Å². The summed E-state index contributed by atoms with van der Waals surface area (Å²) in [5, 5.41) is 2.79. The van der Waals surface area contributed by atoms with E-state index in [1.165, 1.54) is 51.4 Å². The van der Waals surface area contributed by atoms with Crippen LogP contribution in [0.3, 0.4) is 0 Å².